The van der Waals surface area contributed by atoms with E-state index in [0.29, 0.717) is 46.4 Å². The van der Waals surface area contributed by atoms with Crippen molar-refractivity contribution < 1.29 is 19.0 Å². The molecule has 150 valence electrons. The standard InChI is InChI=1S/C20H21N5O4/c1-13(16-7-6-14(11-26)25(16)21-2)23-19-10-24(12-22-19)15-8-17(27-3)20(29-5)18(9-15)28-4/h6-12,23H,1-2H2,3-5H3. The van der Waals surface area contributed by atoms with Crippen molar-refractivity contribution in [1.82, 2.24) is 14.2 Å². The van der Waals surface area contributed by atoms with E-state index in [1.165, 1.54) is 4.68 Å². The van der Waals surface area contributed by atoms with Gasteiger partial charge in [0.1, 0.15) is 17.8 Å². The van der Waals surface area contributed by atoms with Crippen molar-refractivity contribution in [3.63, 3.8) is 0 Å². The van der Waals surface area contributed by atoms with Crippen LogP contribution in [0.4, 0.5) is 5.82 Å². The molecule has 0 atom stereocenters. The Balaban J connectivity index is 1.88. The van der Waals surface area contributed by atoms with E-state index in [-0.39, 0.29) is 0 Å². The predicted molar refractivity (Wildman–Crippen MR) is 111 cm³/mol. The Bertz CT molecular complexity index is 1040. The van der Waals surface area contributed by atoms with E-state index in [1.54, 1.807) is 50.6 Å². The lowest BCUT2D eigenvalue weighted by Crippen LogP contribution is -2.04. The molecule has 0 fully saturated rings. The molecule has 0 saturated carbocycles. The quantitative estimate of drug-likeness (QED) is 0.442. The minimum Gasteiger partial charge on any atom is -0.493 e. The molecule has 0 spiro atoms. The molecule has 1 aromatic carbocycles. The van der Waals surface area contributed by atoms with Crippen LogP contribution in [0.5, 0.6) is 17.2 Å². The third kappa shape index (κ3) is 3.70. The number of hydrogen-bond donors (Lipinski definition) is 1. The molecule has 0 radical (unpaired) electrons. The van der Waals surface area contributed by atoms with Crippen molar-refractivity contribution in [2.75, 3.05) is 26.6 Å². The SMILES string of the molecule is C=Nn1c(C=O)ccc1C(=C)Nc1cn(-c2cc(OC)c(OC)c(OC)c2)cn1. The molecule has 0 aliphatic heterocycles. The molecule has 3 aromatic rings. The maximum absolute atomic E-state index is 11.1. The predicted octanol–water partition coefficient (Wildman–Crippen LogP) is 3.06. The van der Waals surface area contributed by atoms with Gasteiger partial charge >= 0.3 is 0 Å². The number of imidazole rings is 1. The molecule has 1 N–H and O–H groups in total. The highest BCUT2D eigenvalue weighted by atomic mass is 16.5. The Morgan fingerprint density at radius 3 is 2.41 bits per heavy atom. The maximum Gasteiger partial charge on any atom is 0.203 e. The summed E-state index contributed by atoms with van der Waals surface area (Å²) in [4.78, 5) is 15.4. The number of carbonyl (C=O) groups excluding carboxylic acids is 1. The minimum atomic E-state index is 0.376. The van der Waals surface area contributed by atoms with Crippen molar-refractivity contribution in [3.8, 4) is 22.9 Å². The van der Waals surface area contributed by atoms with Crippen LogP contribution in [0, 0.1) is 0 Å². The average Bonchev–Trinajstić information content (AvgIpc) is 3.38. The van der Waals surface area contributed by atoms with Crippen LogP contribution in [0.3, 0.4) is 0 Å². The largest absolute Gasteiger partial charge is 0.493 e. The van der Waals surface area contributed by atoms with E-state index < -0.39 is 0 Å². The van der Waals surface area contributed by atoms with Crippen LogP contribution < -0.4 is 19.5 Å². The number of rotatable bonds is 9. The minimum absolute atomic E-state index is 0.376. The normalized spacial score (nSPS) is 10.3. The molecule has 9 nitrogen and oxygen atoms in total. The first-order valence-electron chi connectivity index (χ1n) is 8.50. The molecule has 3 rings (SSSR count). The summed E-state index contributed by atoms with van der Waals surface area (Å²) in [6.45, 7) is 7.48. The van der Waals surface area contributed by atoms with Crippen LogP contribution >= 0.6 is 0 Å². The zero-order valence-corrected chi connectivity index (χ0v) is 16.4. The Kier molecular flexibility index (Phi) is 5.68. The highest BCUT2D eigenvalue weighted by Crippen LogP contribution is 2.39. The van der Waals surface area contributed by atoms with Gasteiger partial charge in [0.2, 0.25) is 5.75 Å². The van der Waals surface area contributed by atoms with Crippen LogP contribution in [-0.2, 0) is 0 Å². The van der Waals surface area contributed by atoms with Gasteiger partial charge in [-0.3, -0.25) is 4.79 Å². The number of nitrogens with one attached hydrogen (secondary N) is 1. The number of benzene rings is 1. The lowest BCUT2D eigenvalue weighted by Gasteiger charge is -2.14. The summed E-state index contributed by atoms with van der Waals surface area (Å²) in [5, 5.41) is 6.94. The number of aromatic nitrogens is 3. The molecule has 0 aliphatic rings. The van der Waals surface area contributed by atoms with Gasteiger partial charge in [-0.05, 0) is 12.1 Å². The molecule has 0 bridgehead atoms. The third-order valence-electron chi connectivity index (χ3n) is 4.27. The molecule has 29 heavy (non-hydrogen) atoms. The Labute approximate surface area is 167 Å². The molecule has 0 amide bonds. The average molecular weight is 395 g/mol. The lowest BCUT2D eigenvalue weighted by molar-refractivity contribution is 0.111. The lowest BCUT2D eigenvalue weighted by atomic mass is 10.2. The van der Waals surface area contributed by atoms with Gasteiger partial charge in [-0.1, -0.05) is 6.58 Å². The highest BCUT2D eigenvalue weighted by Gasteiger charge is 2.15. The maximum atomic E-state index is 11.1. The summed E-state index contributed by atoms with van der Waals surface area (Å²) < 4.78 is 19.3. The van der Waals surface area contributed by atoms with Gasteiger partial charge in [-0.15, -0.1) is 0 Å². The van der Waals surface area contributed by atoms with Crippen molar-refractivity contribution in [1.29, 1.82) is 0 Å². The van der Waals surface area contributed by atoms with Gasteiger partial charge < -0.3 is 24.1 Å². The van der Waals surface area contributed by atoms with Gasteiger partial charge in [0.15, 0.2) is 17.8 Å². The van der Waals surface area contributed by atoms with Crippen LogP contribution in [0.25, 0.3) is 11.4 Å². The molecule has 9 heteroatoms. The Morgan fingerprint density at radius 1 is 1.17 bits per heavy atom. The first kappa shape index (κ1) is 19.7. The van der Waals surface area contributed by atoms with Gasteiger partial charge in [0.05, 0.1) is 44.6 Å². The van der Waals surface area contributed by atoms with Crippen LogP contribution in [0.1, 0.15) is 16.2 Å². The summed E-state index contributed by atoms with van der Waals surface area (Å²) in [6, 6.07) is 6.98. The first-order chi connectivity index (χ1) is 14.1. The number of aldehydes is 1. The topological polar surface area (TPSA) is 91.9 Å². The van der Waals surface area contributed by atoms with Gasteiger partial charge in [0.25, 0.3) is 0 Å². The molecular weight excluding hydrogens is 374 g/mol. The van der Waals surface area contributed by atoms with Crippen LogP contribution in [0.2, 0.25) is 0 Å². The van der Waals surface area contributed by atoms with E-state index in [0.717, 1.165) is 5.69 Å². The summed E-state index contributed by atoms with van der Waals surface area (Å²) in [5.74, 6) is 2.12. The second-order valence-electron chi connectivity index (χ2n) is 5.87. The molecule has 0 saturated heterocycles. The number of ether oxygens (including phenoxy) is 3. The number of nitrogens with zero attached hydrogens (tertiary/aromatic N) is 4. The van der Waals surface area contributed by atoms with Crippen molar-refractivity contribution in [2.24, 2.45) is 5.10 Å². The second kappa shape index (κ2) is 8.34. The van der Waals surface area contributed by atoms with E-state index in [4.69, 9.17) is 14.2 Å². The zero-order chi connectivity index (χ0) is 21.0. The Morgan fingerprint density at radius 2 is 1.86 bits per heavy atom. The van der Waals surface area contributed by atoms with Gasteiger partial charge in [-0.2, -0.15) is 5.10 Å². The van der Waals surface area contributed by atoms with Crippen LogP contribution in [-0.4, -0.2) is 48.6 Å². The molecule has 2 heterocycles. The summed E-state index contributed by atoms with van der Waals surface area (Å²) in [6.07, 6.45) is 4.11. The number of methoxy groups -OCH3 is 3. The molecule has 2 aromatic heterocycles. The van der Waals surface area contributed by atoms with E-state index in [2.05, 4.69) is 28.7 Å². The van der Waals surface area contributed by atoms with Gasteiger partial charge in [0, 0.05) is 18.9 Å². The fraction of sp³-hybridized carbons (Fsp3) is 0.150. The summed E-state index contributed by atoms with van der Waals surface area (Å²) >= 11 is 0. The fourth-order valence-electron chi connectivity index (χ4n) is 2.88. The molecule has 0 aliphatic carbocycles. The summed E-state index contributed by atoms with van der Waals surface area (Å²) in [7, 11) is 4.67. The smallest absolute Gasteiger partial charge is 0.203 e. The Hall–Kier alpha value is -4.01. The fourth-order valence-corrected chi connectivity index (χ4v) is 2.88. The van der Waals surface area contributed by atoms with Gasteiger partial charge in [-0.25, -0.2) is 9.66 Å². The highest BCUT2D eigenvalue weighted by molar-refractivity contribution is 5.78. The third-order valence-corrected chi connectivity index (χ3v) is 4.27. The van der Waals surface area contributed by atoms with E-state index in [9.17, 15) is 4.79 Å². The molecular formula is C20H21N5O4. The molecule has 0 unspecified atom stereocenters. The number of hydrogen-bond acceptors (Lipinski definition) is 7. The summed E-state index contributed by atoms with van der Waals surface area (Å²) in [5.41, 5.74) is 2.26. The first-order valence-corrected chi connectivity index (χ1v) is 8.50. The monoisotopic (exact) mass is 395 g/mol. The second-order valence-corrected chi connectivity index (χ2v) is 5.87. The van der Waals surface area contributed by atoms with E-state index in [1.807, 2.05) is 12.1 Å². The van der Waals surface area contributed by atoms with Crippen LogP contribution in [0.15, 0.2) is 48.5 Å². The van der Waals surface area contributed by atoms with E-state index >= 15 is 0 Å². The zero-order valence-electron chi connectivity index (χ0n) is 16.4. The number of anilines is 1. The van der Waals surface area contributed by atoms with Crippen molar-refractivity contribution >= 4 is 24.5 Å². The van der Waals surface area contributed by atoms with Crippen molar-refractivity contribution in [2.45, 2.75) is 0 Å². The van der Waals surface area contributed by atoms with Crippen molar-refractivity contribution in [3.05, 3.63) is 54.8 Å². The number of carbonyl (C=O) groups is 1.